The molecule has 2 N–H and O–H groups in total. The smallest absolute Gasteiger partial charge is 0.244 e. The molecule has 0 bridgehead atoms. The fraction of sp³-hybridized carbons (Fsp3) is 0.474. The third-order valence-corrected chi connectivity index (χ3v) is 3.88. The van der Waals surface area contributed by atoms with Gasteiger partial charge in [0.1, 0.15) is 11.8 Å². The zero-order valence-electron chi connectivity index (χ0n) is 15.5. The monoisotopic (exact) mass is 345 g/mol. The zero-order chi connectivity index (χ0) is 18.6. The first kappa shape index (κ1) is 19.0. The molecule has 25 heavy (non-hydrogen) atoms. The highest BCUT2D eigenvalue weighted by Crippen LogP contribution is 2.20. The molecule has 1 aromatic carbocycles. The van der Waals surface area contributed by atoms with E-state index in [0.717, 1.165) is 11.4 Å². The maximum absolute atomic E-state index is 12.3. The number of hydrogen-bond donors (Lipinski definition) is 2. The summed E-state index contributed by atoms with van der Waals surface area (Å²) in [5.74, 6) is 0.522. The van der Waals surface area contributed by atoms with Gasteiger partial charge in [-0.1, -0.05) is 12.1 Å². The minimum atomic E-state index is -0.799. The van der Waals surface area contributed by atoms with Gasteiger partial charge in [-0.2, -0.15) is 5.10 Å². The second-order valence-electron chi connectivity index (χ2n) is 6.55. The Bertz CT molecular complexity index is 724. The van der Waals surface area contributed by atoms with Crippen LogP contribution in [0.5, 0.6) is 5.75 Å². The second kappa shape index (κ2) is 8.16. The van der Waals surface area contributed by atoms with Gasteiger partial charge in [-0.05, 0) is 58.4 Å². The topological polar surface area (TPSA) is 76.4 Å². The SMILES string of the molecule is Cc1cc(C)n([C@@H](C)C(=O)NC[C@@H](O)c2cccc(OC(C)C)c2)n1. The van der Waals surface area contributed by atoms with Gasteiger partial charge < -0.3 is 15.2 Å². The van der Waals surface area contributed by atoms with Crippen molar-refractivity contribution in [3.63, 3.8) is 0 Å². The van der Waals surface area contributed by atoms with E-state index in [2.05, 4.69) is 10.4 Å². The minimum absolute atomic E-state index is 0.0636. The highest BCUT2D eigenvalue weighted by atomic mass is 16.5. The average Bonchev–Trinajstić information content (AvgIpc) is 2.89. The van der Waals surface area contributed by atoms with Crippen molar-refractivity contribution in [1.29, 1.82) is 0 Å². The molecule has 6 nitrogen and oxygen atoms in total. The molecular formula is C19H27N3O3. The van der Waals surface area contributed by atoms with E-state index in [1.54, 1.807) is 17.7 Å². The van der Waals surface area contributed by atoms with Crippen LogP contribution in [-0.2, 0) is 4.79 Å². The van der Waals surface area contributed by atoms with E-state index in [4.69, 9.17) is 4.74 Å². The highest BCUT2D eigenvalue weighted by molar-refractivity contribution is 5.79. The predicted molar refractivity (Wildman–Crippen MR) is 96.6 cm³/mol. The molecule has 0 unspecified atom stereocenters. The molecule has 0 saturated carbocycles. The summed E-state index contributed by atoms with van der Waals surface area (Å²) in [4.78, 5) is 12.3. The molecule has 136 valence electrons. The van der Waals surface area contributed by atoms with E-state index >= 15 is 0 Å². The minimum Gasteiger partial charge on any atom is -0.491 e. The van der Waals surface area contributed by atoms with Gasteiger partial charge in [0.2, 0.25) is 5.91 Å². The maximum atomic E-state index is 12.3. The molecule has 2 aromatic rings. The number of aryl methyl sites for hydroxylation is 2. The van der Waals surface area contributed by atoms with Crippen molar-refractivity contribution in [2.75, 3.05) is 6.54 Å². The van der Waals surface area contributed by atoms with Crippen LogP contribution in [0.2, 0.25) is 0 Å². The number of carbonyl (C=O) groups is 1. The number of nitrogens with zero attached hydrogens (tertiary/aromatic N) is 2. The Morgan fingerprint density at radius 2 is 2.00 bits per heavy atom. The summed E-state index contributed by atoms with van der Waals surface area (Å²) < 4.78 is 7.32. The lowest BCUT2D eigenvalue weighted by Gasteiger charge is -2.18. The van der Waals surface area contributed by atoms with E-state index in [1.165, 1.54) is 0 Å². The maximum Gasteiger partial charge on any atom is 0.244 e. The summed E-state index contributed by atoms with van der Waals surface area (Å²) in [5, 5.41) is 17.5. The van der Waals surface area contributed by atoms with Crippen molar-refractivity contribution in [2.24, 2.45) is 0 Å². The van der Waals surface area contributed by atoms with Crippen LogP contribution in [0.3, 0.4) is 0 Å². The molecule has 6 heteroatoms. The number of hydrogen-bond acceptors (Lipinski definition) is 4. The Morgan fingerprint density at radius 1 is 1.28 bits per heavy atom. The summed E-state index contributed by atoms with van der Waals surface area (Å²) in [7, 11) is 0. The molecule has 0 saturated heterocycles. The van der Waals surface area contributed by atoms with Crippen LogP contribution >= 0.6 is 0 Å². The fourth-order valence-corrected chi connectivity index (χ4v) is 2.68. The van der Waals surface area contributed by atoms with E-state index in [1.807, 2.05) is 52.0 Å². The number of nitrogens with one attached hydrogen (secondary N) is 1. The molecule has 1 amide bonds. The summed E-state index contributed by atoms with van der Waals surface area (Å²) in [6, 6.07) is 8.78. The van der Waals surface area contributed by atoms with E-state index < -0.39 is 12.1 Å². The summed E-state index contributed by atoms with van der Waals surface area (Å²) in [5.41, 5.74) is 2.51. The van der Waals surface area contributed by atoms with Gasteiger partial charge in [0.15, 0.2) is 0 Å². The summed E-state index contributed by atoms with van der Waals surface area (Å²) >= 11 is 0. The van der Waals surface area contributed by atoms with Gasteiger partial charge in [0, 0.05) is 12.2 Å². The standard InChI is InChI=1S/C19H27N3O3/c1-12(2)25-17-8-6-7-16(10-17)18(23)11-20-19(24)15(5)22-14(4)9-13(3)21-22/h6-10,12,15,18,23H,11H2,1-5H3,(H,20,24)/t15-,18+/m0/s1. The van der Waals surface area contributed by atoms with Gasteiger partial charge in [0.05, 0.1) is 17.9 Å². The van der Waals surface area contributed by atoms with Crippen molar-refractivity contribution in [3.05, 3.63) is 47.3 Å². The van der Waals surface area contributed by atoms with Crippen LogP contribution in [0.4, 0.5) is 0 Å². The van der Waals surface area contributed by atoms with Crippen LogP contribution < -0.4 is 10.1 Å². The number of amides is 1. The molecule has 0 spiro atoms. The molecule has 1 heterocycles. The molecule has 0 aliphatic carbocycles. The van der Waals surface area contributed by atoms with Crippen molar-refractivity contribution < 1.29 is 14.6 Å². The van der Waals surface area contributed by atoms with Crippen LogP contribution in [-0.4, -0.2) is 33.4 Å². The quantitative estimate of drug-likeness (QED) is 0.809. The van der Waals surface area contributed by atoms with Crippen LogP contribution in [0.15, 0.2) is 30.3 Å². The van der Waals surface area contributed by atoms with Crippen molar-refractivity contribution >= 4 is 5.91 Å². The number of aromatic nitrogens is 2. The lowest BCUT2D eigenvalue weighted by atomic mass is 10.1. The van der Waals surface area contributed by atoms with Gasteiger partial charge in [-0.25, -0.2) is 0 Å². The number of benzene rings is 1. The first-order valence-corrected chi connectivity index (χ1v) is 8.53. The number of rotatable bonds is 7. The predicted octanol–water partition coefficient (Wildman–Crippen LogP) is 2.70. The van der Waals surface area contributed by atoms with E-state index in [0.29, 0.717) is 11.3 Å². The largest absolute Gasteiger partial charge is 0.491 e. The van der Waals surface area contributed by atoms with Gasteiger partial charge >= 0.3 is 0 Å². The van der Waals surface area contributed by atoms with Crippen LogP contribution in [0.1, 0.15) is 49.9 Å². The van der Waals surface area contributed by atoms with Gasteiger partial charge in [-0.15, -0.1) is 0 Å². The van der Waals surface area contributed by atoms with E-state index in [-0.39, 0.29) is 18.6 Å². The molecule has 0 fully saturated rings. The van der Waals surface area contributed by atoms with Gasteiger partial charge in [0.25, 0.3) is 0 Å². The third kappa shape index (κ3) is 5.06. The highest BCUT2D eigenvalue weighted by Gasteiger charge is 2.19. The van der Waals surface area contributed by atoms with Crippen LogP contribution in [0.25, 0.3) is 0 Å². The molecule has 0 radical (unpaired) electrons. The summed E-state index contributed by atoms with van der Waals surface area (Å²) in [6.07, 6.45) is -0.735. The van der Waals surface area contributed by atoms with Crippen molar-refractivity contribution in [3.8, 4) is 5.75 Å². The molecule has 2 rings (SSSR count). The molecular weight excluding hydrogens is 318 g/mol. The zero-order valence-corrected chi connectivity index (χ0v) is 15.5. The Morgan fingerprint density at radius 3 is 2.60 bits per heavy atom. The first-order chi connectivity index (χ1) is 11.8. The third-order valence-electron chi connectivity index (χ3n) is 3.88. The average molecular weight is 345 g/mol. The van der Waals surface area contributed by atoms with E-state index in [9.17, 15) is 9.90 Å². The Labute approximate surface area is 148 Å². The normalized spacial score (nSPS) is 13.6. The molecule has 0 aliphatic heterocycles. The number of aliphatic hydroxyl groups is 1. The molecule has 0 aliphatic rings. The lowest BCUT2D eigenvalue weighted by molar-refractivity contribution is -0.124. The number of ether oxygens (including phenoxy) is 1. The van der Waals surface area contributed by atoms with Crippen molar-refractivity contribution in [1.82, 2.24) is 15.1 Å². The molecule has 2 atom stereocenters. The Balaban J connectivity index is 1.96. The van der Waals surface area contributed by atoms with Crippen LogP contribution in [0, 0.1) is 13.8 Å². The van der Waals surface area contributed by atoms with Gasteiger partial charge in [-0.3, -0.25) is 9.48 Å². The summed E-state index contributed by atoms with van der Waals surface area (Å²) in [6.45, 7) is 9.63. The Kier molecular flexibility index (Phi) is 6.20. The fourth-order valence-electron chi connectivity index (χ4n) is 2.68. The Hall–Kier alpha value is -2.34. The van der Waals surface area contributed by atoms with Crippen molar-refractivity contribution in [2.45, 2.75) is 52.9 Å². The number of carbonyl (C=O) groups excluding carboxylic acids is 1. The first-order valence-electron chi connectivity index (χ1n) is 8.53. The molecule has 1 aromatic heterocycles. The second-order valence-corrected chi connectivity index (χ2v) is 6.55. The number of aliphatic hydroxyl groups excluding tert-OH is 1. The lowest BCUT2D eigenvalue weighted by Crippen LogP contribution is -2.34.